The number of rotatable bonds is 4. The van der Waals surface area contributed by atoms with E-state index in [0.717, 1.165) is 5.56 Å². The second-order valence-electron chi connectivity index (χ2n) is 4.34. The van der Waals surface area contributed by atoms with Gasteiger partial charge in [0.1, 0.15) is 5.69 Å². The van der Waals surface area contributed by atoms with Crippen LogP contribution < -0.4 is 10.0 Å². The fraction of sp³-hybridized carbons (Fsp3) is 0. The van der Waals surface area contributed by atoms with Crippen LogP contribution in [0.15, 0.2) is 44.5 Å². The van der Waals surface area contributed by atoms with Crippen LogP contribution >= 0.6 is 38.8 Å². The number of carbonyl (C=O) groups is 1. The molecule has 3 aromatic rings. The van der Waals surface area contributed by atoms with Gasteiger partial charge in [0.2, 0.25) is 0 Å². The maximum atomic E-state index is 12.2. The van der Waals surface area contributed by atoms with Gasteiger partial charge in [0.25, 0.3) is 10.0 Å². The van der Waals surface area contributed by atoms with E-state index >= 15 is 0 Å². The van der Waals surface area contributed by atoms with Gasteiger partial charge in [-0.05, 0) is 39.6 Å². The van der Waals surface area contributed by atoms with Crippen molar-refractivity contribution < 1.29 is 13.2 Å². The molecule has 0 aliphatic carbocycles. The number of urea groups is 1. The van der Waals surface area contributed by atoms with Gasteiger partial charge in [-0.15, -0.1) is 5.10 Å². The molecule has 2 heterocycles. The molecule has 24 heavy (non-hydrogen) atoms. The van der Waals surface area contributed by atoms with Gasteiger partial charge in [0.15, 0.2) is 5.13 Å². The van der Waals surface area contributed by atoms with Crippen LogP contribution in [0.2, 0.25) is 0 Å². The van der Waals surface area contributed by atoms with Gasteiger partial charge in [-0.25, -0.2) is 22.9 Å². The van der Waals surface area contributed by atoms with E-state index in [1.54, 1.807) is 17.5 Å². The molecular formula is C12H8BrN5O3S3. The fourth-order valence-corrected chi connectivity index (χ4v) is 4.19. The quantitative estimate of drug-likeness (QED) is 0.637. The minimum atomic E-state index is -3.99. The molecule has 12 heteroatoms. The number of thiazole rings is 1. The second kappa shape index (κ2) is 6.93. The molecule has 0 bridgehead atoms. The summed E-state index contributed by atoms with van der Waals surface area (Å²) in [6, 6.07) is 5.10. The first-order valence-electron chi connectivity index (χ1n) is 6.27. The van der Waals surface area contributed by atoms with E-state index < -0.39 is 16.1 Å². The standard InChI is InChI=1S/C12H8BrN5O3S3/c13-10-5-14-12(23-10)15-11(19)17-24(20,21)8-3-1-7(2-4-8)9-6-22-18-16-9/h1-6H,(H2,14,15,17,19). The predicted octanol–water partition coefficient (Wildman–Crippen LogP) is 2.93. The SMILES string of the molecule is O=C(Nc1ncc(Br)s1)NS(=O)(=O)c1ccc(-c2csnn2)cc1. The fourth-order valence-electron chi connectivity index (χ4n) is 1.71. The van der Waals surface area contributed by atoms with Crippen molar-refractivity contribution >= 4 is 60.0 Å². The van der Waals surface area contributed by atoms with E-state index in [-0.39, 0.29) is 10.0 Å². The molecule has 0 unspecified atom stereocenters. The van der Waals surface area contributed by atoms with E-state index in [4.69, 9.17) is 0 Å². The number of nitrogens with one attached hydrogen (secondary N) is 2. The van der Waals surface area contributed by atoms with E-state index in [0.29, 0.717) is 9.48 Å². The van der Waals surface area contributed by atoms with Crippen LogP contribution in [-0.4, -0.2) is 29.0 Å². The number of anilines is 1. The summed E-state index contributed by atoms with van der Waals surface area (Å²) in [5, 5.41) is 8.29. The van der Waals surface area contributed by atoms with Crippen molar-refractivity contribution in [3.05, 3.63) is 39.6 Å². The largest absolute Gasteiger partial charge is 0.334 e. The molecule has 0 saturated carbocycles. The lowest BCUT2D eigenvalue weighted by atomic mass is 10.2. The van der Waals surface area contributed by atoms with Crippen LogP contribution in [0.5, 0.6) is 0 Å². The molecular weight excluding hydrogens is 438 g/mol. The summed E-state index contributed by atoms with van der Waals surface area (Å²) in [5.74, 6) is 0. The van der Waals surface area contributed by atoms with Gasteiger partial charge in [0, 0.05) is 10.9 Å². The van der Waals surface area contributed by atoms with Gasteiger partial charge in [0.05, 0.1) is 14.9 Å². The Kier molecular flexibility index (Phi) is 4.89. The van der Waals surface area contributed by atoms with Crippen molar-refractivity contribution in [2.24, 2.45) is 0 Å². The monoisotopic (exact) mass is 445 g/mol. The van der Waals surface area contributed by atoms with Gasteiger partial charge in [-0.1, -0.05) is 28.0 Å². The summed E-state index contributed by atoms with van der Waals surface area (Å²) >= 11 is 5.57. The molecule has 2 amide bonds. The summed E-state index contributed by atoms with van der Waals surface area (Å²) in [6.07, 6.45) is 1.50. The molecule has 0 aliphatic heterocycles. The minimum Gasteiger partial charge on any atom is -0.283 e. The Hall–Kier alpha value is -1.89. The number of carbonyl (C=O) groups excluding carboxylic acids is 1. The molecule has 0 saturated heterocycles. The predicted molar refractivity (Wildman–Crippen MR) is 94.5 cm³/mol. The molecule has 8 nitrogen and oxygen atoms in total. The Morgan fingerprint density at radius 1 is 1.21 bits per heavy atom. The normalized spacial score (nSPS) is 11.2. The first-order chi connectivity index (χ1) is 11.4. The Morgan fingerprint density at radius 2 is 1.96 bits per heavy atom. The van der Waals surface area contributed by atoms with Crippen LogP contribution in [0.3, 0.4) is 0 Å². The topological polar surface area (TPSA) is 114 Å². The van der Waals surface area contributed by atoms with Gasteiger partial charge >= 0.3 is 6.03 Å². The lowest BCUT2D eigenvalue weighted by Gasteiger charge is -2.07. The van der Waals surface area contributed by atoms with Crippen LogP contribution in [-0.2, 0) is 10.0 Å². The third-order valence-electron chi connectivity index (χ3n) is 2.75. The zero-order valence-electron chi connectivity index (χ0n) is 11.6. The van der Waals surface area contributed by atoms with Crippen molar-refractivity contribution in [3.8, 4) is 11.3 Å². The zero-order chi connectivity index (χ0) is 17.2. The number of halogens is 1. The van der Waals surface area contributed by atoms with Crippen LogP contribution in [0, 0.1) is 0 Å². The van der Waals surface area contributed by atoms with Crippen molar-refractivity contribution in [2.75, 3.05) is 5.32 Å². The molecule has 0 aliphatic rings. The van der Waals surface area contributed by atoms with Crippen LogP contribution in [0.1, 0.15) is 0 Å². The van der Waals surface area contributed by atoms with E-state index in [1.807, 2.05) is 4.72 Å². The average molecular weight is 446 g/mol. The molecule has 0 fully saturated rings. The Labute approximate surface area is 153 Å². The molecule has 0 spiro atoms. The molecule has 0 radical (unpaired) electrons. The first-order valence-corrected chi connectivity index (χ1v) is 10.2. The summed E-state index contributed by atoms with van der Waals surface area (Å²) in [5.41, 5.74) is 1.39. The lowest BCUT2D eigenvalue weighted by Crippen LogP contribution is -2.34. The van der Waals surface area contributed by atoms with Gasteiger partial charge < -0.3 is 0 Å². The highest BCUT2D eigenvalue weighted by Gasteiger charge is 2.18. The number of sulfonamides is 1. The number of hydrogen-bond donors (Lipinski definition) is 2. The maximum absolute atomic E-state index is 12.2. The summed E-state index contributed by atoms with van der Waals surface area (Å²) in [4.78, 5) is 15.7. The van der Waals surface area contributed by atoms with E-state index in [1.165, 1.54) is 41.2 Å². The lowest BCUT2D eigenvalue weighted by molar-refractivity contribution is 0.256. The van der Waals surface area contributed by atoms with Crippen LogP contribution in [0.4, 0.5) is 9.93 Å². The molecule has 124 valence electrons. The molecule has 3 rings (SSSR count). The van der Waals surface area contributed by atoms with Crippen molar-refractivity contribution in [1.82, 2.24) is 19.3 Å². The summed E-state index contributed by atoms with van der Waals surface area (Å²) in [7, 11) is -3.99. The van der Waals surface area contributed by atoms with Crippen molar-refractivity contribution in [2.45, 2.75) is 4.90 Å². The summed E-state index contributed by atoms with van der Waals surface area (Å²) in [6.45, 7) is 0. The number of nitrogens with zero attached hydrogens (tertiary/aromatic N) is 3. The first kappa shape index (κ1) is 17.0. The average Bonchev–Trinajstić information content (AvgIpc) is 3.19. The van der Waals surface area contributed by atoms with Gasteiger partial charge in [-0.2, -0.15) is 0 Å². The zero-order valence-corrected chi connectivity index (χ0v) is 15.7. The highest BCUT2D eigenvalue weighted by molar-refractivity contribution is 9.11. The Balaban J connectivity index is 1.71. The molecule has 2 N–H and O–H groups in total. The highest BCUT2D eigenvalue weighted by atomic mass is 79.9. The Morgan fingerprint density at radius 3 is 2.54 bits per heavy atom. The minimum absolute atomic E-state index is 0.0371. The van der Waals surface area contributed by atoms with E-state index in [9.17, 15) is 13.2 Å². The number of benzene rings is 1. The number of aromatic nitrogens is 3. The number of amides is 2. The van der Waals surface area contributed by atoms with Crippen molar-refractivity contribution in [3.63, 3.8) is 0 Å². The van der Waals surface area contributed by atoms with E-state index in [2.05, 4.69) is 35.8 Å². The molecule has 1 aromatic carbocycles. The smallest absolute Gasteiger partial charge is 0.283 e. The molecule has 0 atom stereocenters. The third kappa shape index (κ3) is 3.95. The van der Waals surface area contributed by atoms with Gasteiger partial charge in [-0.3, -0.25) is 5.32 Å². The third-order valence-corrected chi connectivity index (χ3v) is 5.99. The number of hydrogen-bond acceptors (Lipinski definition) is 8. The van der Waals surface area contributed by atoms with Crippen molar-refractivity contribution in [1.29, 1.82) is 0 Å². The highest BCUT2D eigenvalue weighted by Crippen LogP contribution is 2.23. The molecule has 2 aromatic heterocycles. The second-order valence-corrected chi connectivity index (χ2v) is 9.05. The Bertz CT molecular complexity index is 954. The maximum Gasteiger partial charge on any atom is 0.334 e. The summed E-state index contributed by atoms with van der Waals surface area (Å²) < 4.78 is 30.8. The van der Waals surface area contributed by atoms with Crippen LogP contribution in [0.25, 0.3) is 11.3 Å².